The van der Waals surface area contributed by atoms with Crippen LogP contribution in [0, 0.1) is 0 Å². The summed E-state index contributed by atoms with van der Waals surface area (Å²) >= 11 is 0. The van der Waals surface area contributed by atoms with E-state index in [1.54, 1.807) is 12.5 Å². The zero-order chi connectivity index (χ0) is 13.9. The highest BCUT2D eigenvalue weighted by molar-refractivity contribution is 5.62. The van der Waals surface area contributed by atoms with Crippen molar-refractivity contribution in [1.82, 2.24) is 24.3 Å². The average Bonchev–Trinajstić information content (AvgIpc) is 3.05. The molecule has 0 aliphatic heterocycles. The molecular weight excluding hydrogens is 252 g/mol. The minimum absolute atomic E-state index is 0.686. The Labute approximate surface area is 117 Å². The third-order valence-electron chi connectivity index (χ3n) is 3.20. The second-order valence-corrected chi connectivity index (χ2v) is 4.65. The summed E-state index contributed by atoms with van der Waals surface area (Å²) in [5.41, 5.74) is 2.07. The van der Waals surface area contributed by atoms with Gasteiger partial charge in [0.25, 0.3) is 0 Å². The molecule has 6 heteroatoms. The van der Waals surface area contributed by atoms with Gasteiger partial charge in [-0.05, 0) is 12.1 Å². The molecular formula is C14H16N6. The Hall–Kier alpha value is -2.63. The van der Waals surface area contributed by atoms with Gasteiger partial charge >= 0.3 is 0 Å². The molecule has 0 aliphatic carbocycles. The van der Waals surface area contributed by atoms with E-state index < -0.39 is 0 Å². The van der Waals surface area contributed by atoms with Crippen LogP contribution < -0.4 is 5.32 Å². The van der Waals surface area contributed by atoms with Gasteiger partial charge < -0.3 is 14.5 Å². The van der Waals surface area contributed by atoms with Crippen LogP contribution in [0.15, 0.2) is 43.0 Å². The van der Waals surface area contributed by atoms with Gasteiger partial charge in [-0.25, -0.2) is 4.98 Å². The van der Waals surface area contributed by atoms with E-state index in [4.69, 9.17) is 0 Å². The lowest BCUT2D eigenvalue weighted by atomic mass is 10.2. The highest BCUT2D eigenvalue weighted by Gasteiger charge is 2.05. The highest BCUT2D eigenvalue weighted by Crippen LogP contribution is 2.20. The lowest BCUT2D eigenvalue weighted by Crippen LogP contribution is -2.05. The summed E-state index contributed by atoms with van der Waals surface area (Å²) in [6, 6.07) is 8.12. The van der Waals surface area contributed by atoms with E-state index in [1.807, 2.05) is 47.6 Å². The summed E-state index contributed by atoms with van der Waals surface area (Å²) in [4.78, 5) is 4.29. The third-order valence-corrected chi connectivity index (χ3v) is 3.20. The average molecular weight is 268 g/mol. The number of rotatable bonds is 4. The molecule has 102 valence electrons. The largest absolute Gasteiger partial charge is 0.378 e. The number of hydrogen-bond acceptors (Lipinski definition) is 4. The summed E-state index contributed by atoms with van der Waals surface area (Å²) in [5, 5.41) is 11.4. The standard InChI is InChI=1S/C14H16N6/c1-19-7-6-15-13(19)9-16-12-5-3-4-11(8-12)14-18-17-10-20(14)2/h3-8,10,16H,9H2,1-2H3. The van der Waals surface area contributed by atoms with Crippen molar-refractivity contribution < 1.29 is 0 Å². The molecule has 0 unspecified atom stereocenters. The Balaban J connectivity index is 1.78. The number of aromatic nitrogens is 5. The van der Waals surface area contributed by atoms with Gasteiger partial charge in [0.15, 0.2) is 5.82 Å². The SMILES string of the molecule is Cn1ccnc1CNc1cccc(-c2nncn2C)c1. The monoisotopic (exact) mass is 268 g/mol. The summed E-state index contributed by atoms with van der Waals surface area (Å²) < 4.78 is 3.90. The Morgan fingerprint density at radius 2 is 2.10 bits per heavy atom. The van der Waals surface area contributed by atoms with Gasteiger partial charge in [0, 0.05) is 37.7 Å². The Morgan fingerprint density at radius 1 is 1.20 bits per heavy atom. The van der Waals surface area contributed by atoms with E-state index in [0.717, 1.165) is 22.9 Å². The van der Waals surface area contributed by atoms with Crippen LogP contribution in [-0.2, 0) is 20.6 Å². The van der Waals surface area contributed by atoms with Crippen molar-refractivity contribution >= 4 is 5.69 Å². The maximum Gasteiger partial charge on any atom is 0.163 e. The maximum absolute atomic E-state index is 4.29. The second-order valence-electron chi connectivity index (χ2n) is 4.65. The van der Waals surface area contributed by atoms with Gasteiger partial charge in [-0.15, -0.1) is 10.2 Å². The quantitative estimate of drug-likeness (QED) is 0.784. The van der Waals surface area contributed by atoms with Gasteiger partial charge in [-0.2, -0.15) is 0 Å². The van der Waals surface area contributed by atoms with Crippen LogP contribution >= 0.6 is 0 Å². The van der Waals surface area contributed by atoms with Crippen molar-refractivity contribution in [2.45, 2.75) is 6.54 Å². The number of benzene rings is 1. The number of nitrogens with one attached hydrogen (secondary N) is 1. The van der Waals surface area contributed by atoms with Crippen molar-refractivity contribution in [2.24, 2.45) is 14.1 Å². The minimum Gasteiger partial charge on any atom is -0.378 e. The van der Waals surface area contributed by atoms with Gasteiger partial charge in [0.05, 0.1) is 6.54 Å². The number of hydrogen-bond donors (Lipinski definition) is 1. The molecule has 1 N–H and O–H groups in total. The molecule has 0 bridgehead atoms. The van der Waals surface area contributed by atoms with Crippen molar-refractivity contribution in [2.75, 3.05) is 5.32 Å². The zero-order valence-electron chi connectivity index (χ0n) is 11.5. The van der Waals surface area contributed by atoms with Crippen molar-refractivity contribution in [3.05, 3.63) is 48.8 Å². The fraction of sp³-hybridized carbons (Fsp3) is 0.214. The topological polar surface area (TPSA) is 60.6 Å². The minimum atomic E-state index is 0.686. The first-order valence-corrected chi connectivity index (χ1v) is 6.38. The van der Waals surface area contributed by atoms with Crippen LogP contribution in [0.1, 0.15) is 5.82 Å². The van der Waals surface area contributed by atoms with E-state index in [0.29, 0.717) is 6.54 Å². The van der Waals surface area contributed by atoms with E-state index in [2.05, 4.69) is 26.6 Å². The molecule has 0 spiro atoms. The van der Waals surface area contributed by atoms with E-state index >= 15 is 0 Å². The Kier molecular flexibility index (Phi) is 3.20. The third kappa shape index (κ3) is 2.40. The molecule has 20 heavy (non-hydrogen) atoms. The second kappa shape index (κ2) is 5.16. The number of imidazole rings is 1. The number of nitrogens with zero attached hydrogens (tertiary/aromatic N) is 5. The summed E-state index contributed by atoms with van der Waals surface area (Å²) in [7, 11) is 3.92. The fourth-order valence-corrected chi connectivity index (χ4v) is 2.06. The molecule has 0 saturated heterocycles. The van der Waals surface area contributed by atoms with Crippen LogP contribution in [0.5, 0.6) is 0 Å². The molecule has 2 aromatic heterocycles. The van der Waals surface area contributed by atoms with Crippen molar-refractivity contribution in [3.63, 3.8) is 0 Å². The van der Waals surface area contributed by atoms with E-state index in [1.165, 1.54) is 0 Å². The van der Waals surface area contributed by atoms with Crippen molar-refractivity contribution in [1.29, 1.82) is 0 Å². The molecule has 0 saturated carbocycles. The Morgan fingerprint density at radius 3 is 2.80 bits per heavy atom. The van der Waals surface area contributed by atoms with Gasteiger partial charge in [-0.3, -0.25) is 0 Å². The first-order chi connectivity index (χ1) is 9.74. The lowest BCUT2D eigenvalue weighted by Gasteiger charge is -2.08. The highest BCUT2D eigenvalue weighted by atomic mass is 15.2. The normalized spacial score (nSPS) is 10.7. The molecule has 0 fully saturated rings. The summed E-state index contributed by atoms with van der Waals surface area (Å²) in [6.07, 6.45) is 5.43. The van der Waals surface area contributed by atoms with Crippen LogP contribution in [0.4, 0.5) is 5.69 Å². The molecule has 6 nitrogen and oxygen atoms in total. The van der Waals surface area contributed by atoms with Crippen molar-refractivity contribution in [3.8, 4) is 11.4 Å². The predicted molar refractivity (Wildman–Crippen MR) is 77.0 cm³/mol. The van der Waals surface area contributed by atoms with Gasteiger partial charge in [0.1, 0.15) is 12.2 Å². The molecule has 0 radical (unpaired) electrons. The predicted octanol–water partition coefficient (Wildman–Crippen LogP) is 1.83. The van der Waals surface area contributed by atoms with E-state index in [-0.39, 0.29) is 0 Å². The summed E-state index contributed by atoms with van der Waals surface area (Å²) in [5.74, 6) is 1.85. The van der Waals surface area contributed by atoms with Crippen LogP contribution in [0.2, 0.25) is 0 Å². The maximum atomic E-state index is 4.29. The molecule has 2 heterocycles. The van der Waals surface area contributed by atoms with Crippen LogP contribution in [0.3, 0.4) is 0 Å². The first-order valence-electron chi connectivity index (χ1n) is 6.38. The van der Waals surface area contributed by atoms with Gasteiger partial charge in [0.2, 0.25) is 0 Å². The lowest BCUT2D eigenvalue weighted by molar-refractivity contribution is 0.813. The van der Waals surface area contributed by atoms with E-state index in [9.17, 15) is 0 Å². The molecule has 3 rings (SSSR count). The number of anilines is 1. The fourth-order valence-electron chi connectivity index (χ4n) is 2.06. The molecule has 1 aromatic carbocycles. The van der Waals surface area contributed by atoms with Crippen LogP contribution in [0.25, 0.3) is 11.4 Å². The summed E-state index contributed by atoms with van der Waals surface area (Å²) in [6.45, 7) is 0.686. The molecule has 0 amide bonds. The van der Waals surface area contributed by atoms with Crippen LogP contribution in [-0.4, -0.2) is 24.3 Å². The number of aryl methyl sites for hydroxylation is 2. The Bertz CT molecular complexity index is 712. The molecule has 0 atom stereocenters. The molecule has 3 aromatic rings. The first kappa shape index (κ1) is 12.4. The van der Waals surface area contributed by atoms with Gasteiger partial charge in [-0.1, -0.05) is 12.1 Å². The zero-order valence-corrected chi connectivity index (χ0v) is 11.5. The smallest absolute Gasteiger partial charge is 0.163 e. The molecule has 0 aliphatic rings.